The Morgan fingerprint density at radius 2 is 0.828 bits per heavy atom. The summed E-state index contributed by atoms with van der Waals surface area (Å²) in [5, 5.41) is 4.72. The highest BCUT2D eigenvalue weighted by Crippen LogP contribution is 2.35. The van der Waals surface area contributed by atoms with Crippen LogP contribution in [0.3, 0.4) is 0 Å². The monoisotopic (exact) mass is 749 g/mol. The van der Waals surface area contributed by atoms with E-state index < -0.39 is 0 Å². The first-order valence-electron chi connectivity index (χ1n) is 18.9. The molecule has 0 amide bonds. The van der Waals surface area contributed by atoms with E-state index in [0.717, 1.165) is 61.5 Å². The first-order chi connectivity index (χ1) is 28.6. The van der Waals surface area contributed by atoms with Crippen molar-refractivity contribution in [3.05, 3.63) is 190 Å². The third-order valence-electron chi connectivity index (χ3n) is 10.5. The van der Waals surface area contributed by atoms with Gasteiger partial charge in [0.15, 0.2) is 17.5 Å². The van der Waals surface area contributed by atoms with Gasteiger partial charge in [-0.05, 0) is 48.5 Å². The number of hydrogen-bond acceptors (Lipinski definition) is 7. The largest absolute Gasteiger partial charge is 0.343 e. The third kappa shape index (κ3) is 5.89. The second-order valence-corrected chi connectivity index (χ2v) is 14.0. The fourth-order valence-electron chi connectivity index (χ4n) is 7.69. The molecule has 10 aromatic rings. The average Bonchev–Trinajstić information content (AvgIpc) is 3.81. The summed E-state index contributed by atoms with van der Waals surface area (Å²) in [5.41, 5.74) is 10.0. The van der Waals surface area contributed by atoms with E-state index in [1.165, 1.54) is 21.5 Å². The van der Waals surface area contributed by atoms with Gasteiger partial charge < -0.3 is 14.0 Å². The van der Waals surface area contributed by atoms with Crippen LogP contribution in [0.5, 0.6) is 0 Å². The van der Waals surface area contributed by atoms with Gasteiger partial charge in [0, 0.05) is 51.0 Å². The van der Waals surface area contributed by atoms with Crippen molar-refractivity contribution in [3.8, 4) is 45.5 Å². The van der Waals surface area contributed by atoms with Crippen molar-refractivity contribution in [2.45, 2.75) is 0 Å². The number of benzene rings is 5. The summed E-state index contributed by atoms with van der Waals surface area (Å²) in [4.78, 5) is 31.2. The molecule has 0 fully saturated rings. The minimum atomic E-state index is 0.538. The normalized spacial score (nSPS) is 11.6. The molecule has 0 aliphatic heterocycles. The van der Waals surface area contributed by atoms with Gasteiger partial charge in [-0.25, -0.2) is 29.9 Å². The predicted molar refractivity (Wildman–Crippen MR) is 235 cm³/mol. The SMILES string of the molecule is C=C/C=C\C(=C)N(C)c1cnc(-c2cc(-c3ncc(-n4c5ccccc5c5ccccc54)cn3)cc(-c3ncc(-n4c5ccccc5c5ccccc54)cn3)c2)nc1. The van der Waals surface area contributed by atoms with Crippen LogP contribution in [0, 0.1) is 0 Å². The van der Waals surface area contributed by atoms with Gasteiger partial charge >= 0.3 is 0 Å². The van der Waals surface area contributed by atoms with Crippen LogP contribution in [0.4, 0.5) is 5.69 Å². The maximum atomic E-state index is 4.93. The predicted octanol–water partition coefficient (Wildman–Crippen LogP) is 10.9. The van der Waals surface area contributed by atoms with E-state index >= 15 is 0 Å². The summed E-state index contributed by atoms with van der Waals surface area (Å²) >= 11 is 0. The number of likely N-dealkylation sites (N-methyl/N-ethyl adjacent to an activating group) is 1. The number of para-hydroxylation sites is 4. The maximum Gasteiger partial charge on any atom is 0.159 e. The fourth-order valence-corrected chi connectivity index (χ4v) is 7.69. The Morgan fingerprint density at radius 3 is 1.17 bits per heavy atom. The van der Waals surface area contributed by atoms with Gasteiger partial charge in [0.25, 0.3) is 0 Å². The number of fused-ring (bicyclic) bond motifs is 6. The number of hydrogen-bond donors (Lipinski definition) is 0. The summed E-state index contributed by atoms with van der Waals surface area (Å²) in [5.74, 6) is 1.64. The summed E-state index contributed by atoms with van der Waals surface area (Å²) in [6.45, 7) is 7.90. The first kappa shape index (κ1) is 34.5. The minimum Gasteiger partial charge on any atom is -0.343 e. The van der Waals surface area contributed by atoms with Crippen LogP contribution in [0.25, 0.3) is 89.2 Å². The number of rotatable bonds is 9. The molecule has 0 N–H and O–H groups in total. The first-order valence-corrected chi connectivity index (χ1v) is 18.9. The third-order valence-corrected chi connectivity index (χ3v) is 10.5. The van der Waals surface area contributed by atoms with Gasteiger partial charge in [-0.2, -0.15) is 0 Å². The van der Waals surface area contributed by atoms with Gasteiger partial charge in [0.1, 0.15) is 0 Å². The Balaban J connectivity index is 1.06. The molecule has 9 heteroatoms. The highest BCUT2D eigenvalue weighted by atomic mass is 15.1. The second-order valence-electron chi connectivity index (χ2n) is 14.0. The van der Waals surface area contributed by atoms with Crippen LogP contribution in [-0.2, 0) is 0 Å². The highest BCUT2D eigenvalue weighted by Gasteiger charge is 2.17. The number of nitrogens with zero attached hydrogens (tertiary/aromatic N) is 9. The molecule has 10 rings (SSSR count). The molecule has 0 bridgehead atoms. The summed E-state index contributed by atoms with van der Waals surface area (Å²) < 4.78 is 4.41. The Morgan fingerprint density at radius 1 is 0.500 bits per heavy atom. The zero-order chi connectivity index (χ0) is 39.2. The van der Waals surface area contributed by atoms with Crippen LogP contribution in [0.15, 0.2) is 190 Å². The Kier molecular flexibility index (Phi) is 8.45. The lowest BCUT2D eigenvalue weighted by Crippen LogP contribution is -2.14. The van der Waals surface area contributed by atoms with E-state index in [1.807, 2.05) is 67.1 Å². The molecule has 0 unspecified atom stereocenters. The molecule has 0 aliphatic rings. The van der Waals surface area contributed by atoms with E-state index in [1.54, 1.807) is 18.5 Å². The Bertz CT molecular complexity index is 2930. The van der Waals surface area contributed by atoms with Crippen molar-refractivity contribution in [1.82, 2.24) is 39.0 Å². The van der Waals surface area contributed by atoms with Gasteiger partial charge in [-0.15, -0.1) is 0 Å². The van der Waals surface area contributed by atoms with Crippen LogP contribution in [-0.4, -0.2) is 46.1 Å². The molecule has 5 aromatic heterocycles. The molecule has 58 heavy (non-hydrogen) atoms. The zero-order valence-electron chi connectivity index (χ0n) is 31.6. The minimum absolute atomic E-state index is 0.538. The molecule has 9 nitrogen and oxygen atoms in total. The lowest BCUT2D eigenvalue weighted by Gasteiger charge is -2.18. The second kappa shape index (κ2) is 14.2. The van der Waals surface area contributed by atoms with Crippen LogP contribution < -0.4 is 4.90 Å². The van der Waals surface area contributed by atoms with Gasteiger partial charge in [-0.1, -0.05) is 98.1 Å². The van der Waals surface area contributed by atoms with Crippen LogP contribution in [0.1, 0.15) is 0 Å². The van der Waals surface area contributed by atoms with E-state index in [2.05, 4.69) is 119 Å². The maximum absolute atomic E-state index is 4.93. The Hall–Kier alpha value is -8.04. The average molecular weight is 750 g/mol. The quantitative estimate of drug-likeness (QED) is 0.136. The number of aromatic nitrogens is 8. The molecule has 276 valence electrons. The molecule has 0 spiro atoms. The van der Waals surface area contributed by atoms with Crippen molar-refractivity contribution < 1.29 is 0 Å². The lowest BCUT2D eigenvalue weighted by atomic mass is 10.0. The van der Waals surface area contributed by atoms with E-state index in [4.69, 9.17) is 29.9 Å². The number of anilines is 1. The molecule has 0 saturated heterocycles. The van der Waals surface area contributed by atoms with E-state index in [-0.39, 0.29) is 0 Å². The van der Waals surface area contributed by atoms with E-state index in [0.29, 0.717) is 17.5 Å². The summed E-state index contributed by atoms with van der Waals surface area (Å²) in [6, 6.07) is 39.6. The lowest BCUT2D eigenvalue weighted by molar-refractivity contribution is 1.07. The fraction of sp³-hybridized carbons (Fsp3) is 0.0204. The molecular weight excluding hydrogens is 715 g/mol. The van der Waals surface area contributed by atoms with Crippen LogP contribution in [0.2, 0.25) is 0 Å². The zero-order valence-corrected chi connectivity index (χ0v) is 31.6. The molecule has 5 heterocycles. The van der Waals surface area contributed by atoms with Crippen molar-refractivity contribution in [2.75, 3.05) is 11.9 Å². The van der Waals surface area contributed by atoms with Crippen molar-refractivity contribution >= 4 is 49.3 Å². The summed E-state index contributed by atoms with van der Waals surface area (Å²) in [7, 11) is 1.92. The van der Waals surface area contributed by atoms with Crippen molar-refractivity contribution in [3.63, 3.8) is 0 Å². The Labute approximate surface area is 334 Å². The van der Waals surface area contributed by atoms with Gasteiger partial charge in [-0.3, -0.25) is 0 Å². The van der Waals surface area contributed by atoms with E-state index in [9.17, 15) is 0 Å². The smallest absolute Gasteiger partial charge is 0.159 e. The number of allylic oxidation sites excluding steroid dienone is 3. The molecule has 0 aliphatic carbocycles. The molecule has 0 radical (unpaired) electrons. The molecule has 5 aromatic carbocycles. The topological polar surface area (TPSA) is 90.4 Å². The molecule has 0 saturated carbocycles. The van der Waals surface area contributed by atoms with Gasteiger partial charge in [0.05, 0.1) is 76.3 Å². The van der Waals surface area contributed by atoms with Crippen molar-refractivity contribution in [1.29, 1.82) is 0 Å². The van der Waals surface area contributed by atoms with Crippen molar-refractivity contribution in [2.24, 2.45) is 0 Å². The van der Waals surface area contributed by atoms with Crippen LogP contribution >= 0.6 is 0 Å². The molecule has 0 atom stereocenters. The van der Waals surface area contributed by atoms with Gasteiger partial charge in [0.2, 0.25) is 0 Å². The summed E-state index contributed by atoms with van der Waals surface area (Å²) in [6.07, 6.45) is 16.5. The molecular formula is C49H35N9. The standard InChI is InChI=1S/C49H35N9/c1-4-5-14-32(2)56(3)36-26-50-47(51-27-36)33-23-34(48-52-28-37(29-53-48)57-43-19-10-6-15-39(43)40-16-7-11-20-44(40)57)25-35(24-33)49-54-30-38(31-55-49)58-45-21-12-8-17-41(45)42-18-9-13-22-46(42)58/h4-31H,1-2H2,3H3/b14-5-. The highest BCUT2D eigenvalue weighted by molar-refractivity contribution is 6.10.